The van der Waals surface area contributed by atoms with E-state index < -0.39 is 0 Å². The Morgan fingerprint density at radius 3 is 2.93 bits per heavy atom. The molecule has 15 heavy (non-hydrogen) atoms. The average molecular weight is 208 g/mol. The highest BCUT2D eigenvalue weighted by Gasteiger charge is 2.19. The van der Waals surface area contributed by atoms with E-state index >= 15 is 0 Å². The summed E-state index contributed by atoms with van der Waals surface area (Å²) >= 11 is 0. The SMILES string of the molecule is C#CC(CCC)NCC1CCCCN1C. The van der Waals surface area contributed by atoms with E-state index in [-0.39, 0.29) is 6.04 Å². The molecule has 0 aliphatic carbocycles. The summed E-state index contributed by atoms with van der Waals surface area (Å²) in [6, 6.07) is 0.955. The molecule has 0 radical (unpaired) electrons. The van der Waals surface area contributed by atoms with Gasteiger partial charge in [0.2, 0.25) is 0 Å². The van der Waals surface area contributed by atoms with Gasteiger partial charge in [-0.15, -0.1) is 6.42 Å². The van der Waals surface area contributed by atoms with E-state index in [0.29, 0.717) is 6.04 Å². The minimum absolute atomic E-state index is 0.269. The lowest BCUT2D eigenvalue weighted by Gasteiger charge is -2.33. The van der Waals surface area contributed by atoms with Crippen molar-refractivity contribution in [2.45, 2.75) is 51.1 Å². The van der Waals surface area contributed by atoms with Crippen LogP contribution in [0.5, 0.6) is 0 Å². The number of terminal acetylenes is 1. The molecule has 2 heteroatoms. The molecule has 2 nitrogen and oxygen atoms in total. The van der Waals surface area contributed by atoms with Crippen LogP contribution < -0.4 is 5.32 Å². The Balaban J connectivity index is 2.25. The van der Waals surface area contributed by atoms with Crippen LogP contribution in [0.4, 0.5) is 0 Å². The fraction of sp³-hybridized carbons (Fsp3) is 0.846. The number of hydrogen-bond acceptors (Lipinski definition) is 2. The number of rotatable bonds is 5. The third-order valence-corrected chi connectivity index (χ3v) is 3.30. The number of likely N-dealkylation sites (tertiary alicyclic amines) is 1. The first-order chi connectivity index (χ1) is 7.27. The number of nitrogens with one attached hydrogen (secondary N) is 1. The molecule has 1 aliphatic heterocycles. The maximum absolute atomic E-state index is 5.48. The van der Waals surface area contributed by atoms with Gasteiger partial charge < -0.3 is 10.2 Å². The summed E-state index contributed by atoms with van der Waals surface area (Å²) in [5.41, 5.74) is 0. The van der Waals surface area contributed by atoms with Gasteiger partial charge in [0, 0.05) is 12.6 Å². The van der Waals surface area contributed by atoms with Gasteiger partial charge in [-0.1, -0.05) is 25.7 Å². The van der Waals surface area contributed by atoms with E-state index in [1.165, 1.54) is 25.8 Å². The smallest absolute Gasteiger partial charge is 0.0687 e. The second kappa shape index (κ2) is 6.87. The Bertz CT molecular complexity index is 207. The standard InChI is InChI=1S/C13H24N2/c1-4-8-12(5-2)14-11-13-9-6-7-10-15(13)3/h2,12-14H,4,6-11H2,1,3H3. The predicted octanol–water partition coefficient (Wildman–Crippen LogP) is 1.86. The van der Waals surface area contributed by atoms with Crippen molar-refractivity contribution in [1.29, 1.82) is 0 Å². The van der Waals surface area contributed by atoms with E-state index in [1.54, 1.807) is 0 Å². The molecule has 86 valence electrons. The van der Waals surface area contributed by atoms with Crippen molar-refractivity contribution in [3.63, 3.8) is 0 Å². The number of likely N-dealkylation sites (N-methyl/N-ethyl adjacent to an activating group) is 1. The molecule has 1 saturated heterocycles. The first kappa shape index (κ1) is 12.5. The first-order valence-electron chi connectivity index (χ1n) is 6.17. The topological polar surface area (TPSA) is 15.3 Å². The Kier molecular flexibility index (Phi) is 5.75. The van der Waals surface area contributed by atoms with Gasteiger partial charge >= 0.3 is 0 Å². The van der Waals surface area contributed by atoms with E-state index in [0.717, 1.165) is 19.4 Å². The minimum Gasteiger partial charge on any atom is -0.302 e. The molecule has 0 aromatic heterocycles. The molecule has 0 amide bonds. The maximum Gasteiger partial charge on any atom is 0.0687 e. The Labute approximate surface area is 94.4 Å². The molecular formula is C13H24N2. The van der Waals surface area contributed by atoms with Crippen LogP contribution in [0.15, 0.2) is 0 Å². The Hall–Kier alpha value is -0.520. The molecule has 2 atom stereocenters. The van der Waals surface area contributed by atoms with Gasteiger partial charge in [0.25, 0.3) is 0 Å². The molecule has 0 aromatic carbocycles. The van der Waals surface area contributed by atoms with Crippen molar-refractivity contribution in [1.82, 2.24) is 10.2 Å². The van der Waals surface area contributed by atoms with E-state index in [4.69, 9.17) is 6.42 Å². The average Bonchev–Trinajstić information content (AvgIpc) is 2.26. The molecule has 0 saturated carbocycles. The van der Waals surface area contributed by atoms with E-state index in [2.05, 4.69) is 30.1 Å². The Morgan fingerprint density at radius 2 is 2.33 bits per heavy atom. The lowest BCUT2D eigenvalue weighted by Crippen LogP contribution is -2.45. The third kappa shape index (κ3) is 4.24. The summed E-state index contributed by atoms with van der Waals surface area (Å²) in [7, 11) is 2.22. The van der Waals surface area contributed by atoms with E-state index in [1.807, 2.05) is 0 Å². The fourth-order valence-corrected chi connectivity index (χ4v) is 2.21. The van der Waals surface area contributed by atoms with Gasteiger partial charge in [0.1, 0.15) is 0 Å². The van der Waals surface area contributed by atoms with Crippen LogP contribution >= 0.6 is 0 Å². The summed E-state index contributed by atoms with van der Waals surface area (Å²) in [4.78, 5) is 2.45. The van der Waals surface area contributed by atoms with Crippen LogP contribution in [0.25, 0.3) is 0 Å². The van der Waals surface area contributed by atoms with Gasteiger partial charge in [0.05, 0.1) is 6.04 Å². The molecule has 1 rings (SSSR count). The monoisotopic (exact) mass is 208 g/mol. The normalized spacial score (nSPS) is 24.7. The van der Waals surface area contributed by atoms with Crippen LogP contribution in [-0.4, -0.2) is 37.1 Å². The van der Waals surface area contributed by atoms with Crippen LogP contribution in [0.1, 0.15) is 39.0 Å². The molecule has 1 fully saturated rings. The second-order valence-electron chi connectivity index (χ2n) is 4.55. The highest BCUT2D eigenvalue weighted by atomic mass is 15.2. The summed E-state index contributed by atoms with van der Waals surface area (Å²) in [6.07, 6.45) is 11.8. The quantitative estimate of drug-likeness (QED) is 0.694. The molecule has 0 aromatic rings. The van der Waals surface area contributed by atoms with Gasteiger partial charge in [-0.3, -0.25) is 0 Å². The zero-order chi connectivity index (χ0) is 11.1. The Morgan fingerprint density at radius 1 is 1.53 bits per heavy atom. The van der Waals surface area contributed by atoms with Crippen molar-refractivity contribution in [2.24, 2.45) is 0 Å². The van der Waals surface area contributed by atoms with Gasteiger partial charge in [-0.05, 0) is 32.9 Å². The van der Waals surface area contributed by atoms with Crippen molar-refractivity contribution >= 4 is 0 Å². The van der Waals surface area contributed by atoms with Gasteiger partial charge in [0.15, 0.2) is 0 Å². The maximum atomic E-state index is 5.48. The molecule has 2 unspecified atom stereocenters. The lowest BCUT2D eigenvalue weighted by molar-refractivity contribution is 0.179. The summed E-state index contributed by atoms with van der Waals surface area (Å²) in [6.45, 7) is 4.46. The molecule has 1 N–H and O–H groups in total. The summed E-state index contributed by atoms with van der Waals surface area (Å²) < 4.78 is 0. The largest absolute Gasteiger partial charge is 0.302 e. The fourth-order valence-electron chi connectivity index (χ4n) is 2.21. The predicted molar refractivity (Wildman–Crippen MR) is 65.8 cm³/mol. The lowest BCUT2D eigenvalue weighted by atomic mass is 10.0. The molecular weight excluding hydrogens is 184 g/mol. The van der Waals surface area contributed by atoms with E-state index in [9.17, 15) is 0 Å². The number of hydrogen-bond donors (Lipinski definition) is 1. The molecule has 1 aliphatic rings. The molecule has 1 heterocycles. The van der Waals surface area contributed by atoms with Crippen LogP contribution in [-0.2, 0) is 0 Å². The highest BCUT2D eigenvalue weighted by molar-refractivity contribution is 4.99. The second-order valence-corrected chi connectivity index (χ2v) is 4.55. The van der Waals surface area contributed by atoms with Crippen LogP contribution in [0.2, 0.25) is 0 Å². The van der Waals surface area contributed by atoms with Gasteiger partial charge in [-0.2, -0.15) is 0 Å². The molecule has 0 spiro atoms. The number of piperidine rings is 1. The van der Waals surface area contributed by atoms with Crippen LogP contribution in [0, 0.1) is 12.3 Å². The first-order valence-corrected chi connectivity index (χ1v) is 6.17. The third-order valence-electron chi connectivity index (χ3n) is 3.30. The molecule has 0 bridgehead atoms. The number of nitrogens with zero attached hydrogens (tertiary/aromatic N) is 1. The van der Waals surface area contributed by atoms with Crippen LogP contribution in [0.3, 0.4) is 0 Å². The van der Waals surface area contributed by atoms with Crippen molar-refractivity contribution in [2.75, 3.05) is 20.1 Å². The highest BCUT2D eigenvalue weighted by Crippen LogP contribution is 2.14. The van der Waals surface area contributed by atoms with Crippen molar-refractivity contribution in [3.05, 3.63) is 0 Å². The summed E-state index contributed by atoms with van der Waals surface area (Å²) in [5.74, 6) is 2.83. The van der Waals surface area contributed by atoms with Crippen molar-refractivity contribution in [3.8, 4) is 12.3 Å². The zero-order valence-corrected chi connectivity index (χ0v) is 10.1. The van der Waals surface area contributed by atoms with Crippen molar-refractivity contribution < 1.29 is 0 Å². The van der Waals surface area contributed by atoms with Gasteiger partial charge in [-0.25, -0.2) is 0 Å². The minimum atomic E-state index is 0.269. The zero-order valence-electron chi connectivity index (χ0n) is 10.1. The summed E-state index contributed by atoms with van der Waals surface area (Å²) in [5, 5.41) is 3.49.